The third kappa shape index (κ3) is 4.87. The van der Waals surface area contributed by atoms with Gasteiger partial charge >= 0.3 is 5.97 Å². The average molecular weight is 297 g/mol. The molecule has 7 heteroatoms. The number of nitrogens with zero attached hydrogens (tertiary/aromatic N) is 1. The van der Waals surface area contributed by atoms with E-state index in [0.29, 0.717) is 0 Å². The number of hydrogen-bond acceptors (Lipinski definition) is 4. The van der Waals surface area contributed by atoms with Crippen molar-refractivity contribution in [1.29, 1.82) is 0 Å². The number of carboxylic acid groups (broad SMARTS) is 1. The van der Waals surface area contributed by atoms with Crippen molar-refractivity contribution < 1.29 is 28.6 Å². The number of benzene rings is 1. The maximum absolute atomic E-state index is 13.5. The van der Waals surface area contributed by atoms with E-state index >= 15 is 0 Å². The summed E-state index contributed by atoms with van der Waals surface area (Å²) in [7, 11) is 2.66. The van der Waals surface area contributed by atoms with Crippen LogP contribution in [0, 0.1) is 5.82 Å². The van der Waals surface area contributed by atoms with Crippen LogP contribution < -0.4 is 4.74 Å². The van der Waals surface area contributed by atoms with E-state index in [4.69, 9.17) is 9.84 Å². The van der Waals surface area contributed by atoms with Gasteiger partial charge in [-0.3, -0.25) is 14.4 Å². The molecule has 1 rings (SSSR count). The summed E-state index contributed by atoms with van der Waals surface area (Å²) in [6.07, 6.45) is -0.245. The minimum atomic E-state index is -1.13. The first-order chi connectivity index (χ1) is 9.85. The zero-order valence-corrected chi connectivity index (χ0v) is 11.8. The Morgan fingerprint density at radius 3 is 2.48 bits per heavy atom. The van der Waals surface area contributed by atoms with E-state index in [-0.39, 0.29) is 24.2 Å². The molecule has 6 nitrogen and oxygen atoms in total. The van der Waals surface area contributed by atoms with Crippen LogP contribution in [0.25, 0.3) is 0 Å². The molecular weight excluding hydrogens is 281 g/mol. The number of halogens is 1. The molecule has 0 bridgehead atoms. The van der Waals surface area contributed by atoms with Gasteiger partial charge in [-0.1, -0.05) is 0 Å². The van der Waals surface area contributed by atoms with Gasteiger partial charge in [0.1, 0.15) is 6.54 Å². The number of carbonyl (C=O) groups is 3. The summed E-state index contributed by atoms with van der Waals surface area (Å²) < 4.78 is 18.2. The molecule has 1 N–H and O–H groups in total. The number of ether oxygens (including phenoxy) is 1. The van der Waals surface area contributed by atoms with Crippen molar-refractivity contribution in [3.8, 4) is 5.75 Å². The van der Waals surface area contributed by atoms with E-state index in [1.165, 1.54) is 26.3 Å². The van der Waals surface area contributed by atoms with Gasteiger partial charge in [0.25, 0.3) is 0 Å². The third-order valence-corrected chi connectivity index (χ3v) is 2.84. The number of hydrogen-bond donors (Lipinski definition) is 1. The lowest BCUT2D eigenvalue weighted by Gasteiger charge is -2.14. The van der Waals surface area contributed by atoms with Crippen molar-refractivity contribution in [2.24, 2.45) is 0 Å². The van der Waals surface area contributed by atoms with Crippen molar-refractivity contribution in [1.82, 2.24) is 4.90 Å². The number of methoxy groups -OCH3 is 1. The zero-order chi connectivity index (χ0) is 16.0. The maximum Gasteiger partial charge on any atom is 0.323 e. The Bertz CT molecular complexity index is 558. The van der Waals surface area contributed by atoms with E-state index < -0.39 is 30.0 Å². The van der Waals surface area contributed by atoms with Crippen LogP contribution in [0.2, 0.25) is 0 Å². The fourth-order valence-electron chi connectivity index (χ4n) is 1.69. The molecule has 0 fully saturated rings. The lowest BCUT2D eigenvalue weighted by Crippen LogP contribution is -2.32. The SMILES string of the molecule is COc1ccc(C(=O)CCC(=O)N(C)CC(=O)O)cc1F. The summed E-state index contributed by atoms with van der Waals surface area (Å²) in [4.78, 5) is 34.9. The molecule has 0 saturated heterocycles. The number of amides is 1. The van der Waals surface area contributed by atoms with Gasteiger partial charge in [0.05, 0.1) is 7.11 Å². The van der Waals surface area contributed by atoms with Gasteiger partial charge in [0.15, 0.2) is 17.3 Å². The van der Waals surface area contributed by atoms with E-state index in [1.54, 1.807) is 0 Å². The molecule has 21 heavy (non-hydrogen) atoms. The molecular formula is C14H16FNO5. The average Bonchev–Trinajstić information content (AvgIpc) is 2.43. The maximum atomic E-state index is 13.5. The van der Waals surface area contributed by atoms with Crippen LogP contribution in [0.5, 0.6) is 5.75 Å². The second kappa shape index (κ2) is 7.37. The van der Waals surface area contributed by atoms with Crippen LogP contribution in [-0.4, -0.2) is 48.4 Å². The molecule has 0 saturated carbocycles. The van der Waals surface area contributed by atoms with Gasteiger partial charge < -0.3 is 14.7 Å². The Morgan fingerprint density at radius 2 is 1.95 bits per heavy atom. The molecule has 0 aliphatic carbocycles. The van der Waals surface area contributed by atoms with Crippen LogP contribution >= 0.6 is 0 Å². The molecule has 0 heterocycles. The summed E-state index contributed by atoms with van der Waals surface area (Å²) in [5.41, 5.74) is 0.141. The molecule has 0 aromatic heterocycles. The highest BCUT2D eigenvalue weighted by Crippen LogP contribution is 2.19. The molecule has 0 unspecified atom stereocenters. The Hall–Kier alpha value is -2.44. The van der Waals surface area contributed by atoms with Gasteiger partial charge in [-0.25, -0.2) is 4.39 Å². The smallest absolute Gasteiger partial charge is 0.323 e. The first kappa shape index (κ1) is 16.6. The van der Waals surface area contributed by atoms with E-state index in [2.05, 4.69) is 0 Å². The number of carbonyl (C=O) groups excluding carboxylic acids is 2. The molecule has 1 amide bonds. The van der Waals surface area contributed by atoms with Crippen molar-refractivity contribution in [2.45, 2.75) is 12.8 Å². The standard InChI is InChI=1S/C14H16FNO5/c1-16(8-14(19)20)13(18)6-4-11(17)9-3-5-12(21-2)10(15)7-9/h3,5,7H,4,6,8H2,1-2H3,(H,19,20). The molecule has 0 spiro atoms. The molecule has 1 aromatic carbocycles. The normalized spacial score (nSPS) is 10.0. The Labute approximate surface area is 121 Å². The fraction of sp³-hybridized carbons (Fsp3) is 0.357. The highest BCUT2D eigenvalue weighted by molar-refractivity contribution is 5.98. The second-order valence-corrected chi connectivity index (χ2v) is 4.42. The number of Topliss-reactive ketones (excluding diaryl/α,β-unsaturated/α-hetero) is 1. The quantitative estimate of drug-likeness (QED) is 0.768. The summed E-state index contributed by atoms with van der Waals surface area (Å²) >= 11 is 0. The molecule has 0 atom stereocenters. The number of rotatable bonds is 7. The lowest BCUT2D eigenvalue weighted by atomic mass is 10.1. The van der Waals surface area contributed by atoms with Crippen LogP contribution in [0.15, 0.2) is 18.2 Å². The second-order valence-electron chi connectivity index (χ2n) is 4.42. The largest absolute Gasteiger partial charge is 0.494 e. The lowest BCUT2D eigenvalue weighted by molar-refractivity contribution is -0.143. The monoisotopic (exact) mass is 297 g/mol. The summed E-state index contributed by atoms with van der Waals surface area (Å²) in [5.74, 6) is -2.61. The predicted molar refractivity (Wildman–Crippen MR) is 71.8 cm³/mol. The minimum absolute atomic E-state index is 0.0313. The van der Waals surface area contributed by atoms with Gasteiger partial charge in [-0.2, -0.15) is 0 Å². The number of carboxylic acids is 1. The Balaban J connectivity index is 2.59. The Kier molecular flexibility index (Phi) is 5.83. The van der Waals surface area contributed by atoms with Crippen molar-refractivity contribution in [3.05, 3.63) is 29.6 Å². The minimum Gasteiger partial charge on any atom is -0.494 e. The summed E-state index contributed by atoms with van der Waals surface area (Å²) in [6, 6.07) is 3.79. The molecule has 0 radical (unpaired) electrons. The van der Waals surface area contributed by atoms with Crippen LogP contribution in [0.1, 0.15) is 23.2 Å². The van der Waals surface area contributed by atoms with Gasteiger partial charge in [-0.15, -0.1) is 0 Å². The van der Waals surface area contributed by atoms with E-state index in [0.717, 1.165) is 11.0 Å². The van der Waals surface area contributed by atoms with E-state index in [9.17, 15) is 18.8 Å². The molecule has 0 aliphatic heterocycles. The topological polar surface area (TPSA) is 83.9 Å². The van der Waals surface area contributed by atoms with Gasteiger partial charge in [0.2, 0.25) is 5.91 Å². The first-order valence-corrected chi connectivity index (χ1v) is 6.17. The third-order valence-electron chi connectivity index (χ3n) is 2.84. The highest BCUT2D eigenvalue weighted by atomic mass is 19.1. The fourth-order valence-corrected chi connectivity index (χ4v) is 1.69. The first-order valence-electron chi connectivity index (χ1n) is 6.17. The zero-order valence-electron chi connectivity index (χ0n) is 11.8. The number of ketones is 1. The van der Waals surface area contributed by atoms with Crippen molar-refractivity contribution in [2.75, 3.05) is 20.7 Å². The van der Waals surface area contributed by atoms with Crippen molar-refractivity contribution in [3.63, 3.8) is 0 Å². The number of likely N-dealkylation sites (N-methyl/N-ethyl adjacent to an activating group) is 1. The molecule has 0 aliphatic rings. The number of aliphatic carboxylic acids is 1. The molecule has 114 valence electrons. The van der Waals surface area contributed by atoms with Gasteiger partial charge in [-0.05, 0) is 18.2 Å². The van der Waals surface area contributed by atoms with Crippen LogP contribution in [-0.2, 0) is 9.59 Å². The molecule has 1 aromatic rings. The van der Waals surface area contributed by atoms with E-state index in [1.807, 2.05) is 0 Å². The van der Waals surface area contributed by atoms with Crippen LogP contribution in [0.4, 0.5) is 4.39 Å². The predicted octanol–water partition coefficient (Wildman–Crippen LogP) is 1.34. The van der Waals surface area contributed by atoms with Crippen LogP contribution in [0.3, 0.4) is 0 Å². The summed E-state index contributed by atoms with van der Waals surface area (Å²) in [6.45, 7) is -0.426. The van der Waals surface area contributed by atoms with Gasteiger partial charge in [0, 0.05) is 25.5 Å². The summed E-state index contributed by atoms with van der Waals surface area (Å²) in [5, 5.41) is 8.55. The van der Waals surface area contributed by atoms with Crippen molar-refractivity contribution >= 4 is 17.7 Å². The Morgan fingerprint density at radius 1 is 1.29 bits per heavy atom. The highest BCUT2D eigenvalue weighted by Gasteiger charge is 2.15.